The number of phenolic OH excluding ortho intramolecular Hbond substituents is 1. The van der Waals surface area contributed by atoms with Gasteiger partial charge in [-0.2, -0.15) is 0 Å². The van der Waals surface area contributed by atoms with E-state index in [1.807, 2.05) is 13.0 Å². The smallest absolute Gasteiger partial charge is 0.124 e. The molecule has 15 heavy (non-hydrogen) atoms. The van der Waals surface area contributed by atoms with Crippen LogP contribution in [0.3, 0.4) is 0 Å². The van der Waals surface area contributed by atoms with Gasteiger partial charge >= 0.3 is 0 Å². The zero-order valence-electron chi connectivity index (χ0n) is 9.08. The van der Waals surface area contributed by atoms with E-state index >= 15 is 0 Å². The van der Waals surface area contributed by atoms with Crippen molar-refractivity contribution in [2.24, 2.45) is 5.73 Å². The van der Waals surface area contributed by atoms with Crippen LogP contribution in [0.5, 0.6) is 5.75 Å². The van der Waals surface area contributed by atoms with Gasteiger partial charge in [0.1, 0.15) is 5.75 Å². The van der Waals surface area contributed by atoms with Crippen molar-refractivity contribution < 1.29 is 10.2 Å². The molecular formula is C11H16BrNO2. The fourth-order valence-electron chi connectivity index (χ4n) is 1.51. The van der Waals surface area contributed by atoms with E-state index in [4.69, 9.17) is 5.73 Å². The van der Waals surface area contributed by atoms with Gasteiger partial charge in [-0.25, -0.2) is 0 Å². The number of aliphatic hydroxyl groups excluding tert-OH is 1. The summed E-state index contributed by atoms with van der Waals surface area (Å²) in [5.41, 5.74) is 7.69. The summed E-state index contributed by atoms with van der Waals surface area (Å²) in [7, 11) is 0. The number of hydrogen-bond donors (Lipinski definition) is 3. The van der Waals surface area contributed by atoms with E-state index in [0.717, 1.165) is 15.6 Å². The minimum atomic E-state index is -0.846. The lowest BCUT2D eigenvalue weighted by Gasteiger charge is -2.20. The Morgan fingerprint density at radius 3 is 2.40 bits per heavy atom. The number of benzene rings is 1. The second-order valence-corrected chi connectivity index (χ2v) is 4.72. The first kappa shape index (κ1) is 12.5. The minimum Gasteiger partial charge on any atom is -0.507 e. The van der Waals surface area contributed by atoms with Gasteiger partial charge in [-0.3, -0.25) is 0 Å². The maximum Gasteiger partial charge on any atom is 0.124 e. The van der Waals surface area contributed by atoms with E-state index in [1.54, 1.807) is 13.8 Å². The molecule has 0 aromatic heterocycles. The van der Waals surface area contributed by atoms with Crippen molar-refractivity contribution in [2.75, 3.05) is 0 Å². The maximum absolute atomic E-state index is 9.90. The van der Waals surface area contributed by atoms with Crippen molar-refractivity contribution >= 4 is 15.9 Å². The maximum atomic E-state index is 9.90. The van der Waals surface area contributed by atoms with Crippen LogP contribution < -0.4 is 5.73 Å². The predicted octanol–water partition coefficient (Wildman–Crippen LogP) is 2.15. The summed E-state index contributed by atoms with van der Waals surface area (Å²) in [4.78, 5) is 0. The first-order chi connectivity index (χ1) is 6.86. The SMILES string of the molecule is Cc1cc(Br)c(C)c(C(O)C(C)N)c1O. The molecule has 0 aliphatic heterocycles. The van der Waals surface area contributed by atoms with Gasteiger partial charge in [-0.15, -0.1) is 0 Å². The molecule has 0 heterocycles. The van der Waals surface area contributed by atoms with Crippen molar-refractivity contribution in [1.29, 1.82) is 0 Å². The van der Waals surface area contributed by atoms with E-state index in [-0.39, 0.29) is 5.75 Å². The number of hydrogen-bond acceptors (Lipinski definition) is 3. The van der Waals surface area contributed by atoms with Crippen LogP contribution in [-0.2, 0) is 0 Å². The van der Waals surface area contributed by atoms with E-state index in [2.05, 4.69) is 15.9 Å². The molecule has 0 aliphatic carbocycles. The molecule has 2 unspecified atom stereocenters. The normalized spacial score (nSPS) is 15.1. The highest BCUT2D eigenvalue weighted by Gasteiger charge is 2.21. The lowest BCUT2D eigenvalue weighted by Crippen LogP contribution is -2.25. The molecule has 84 valence electrons. The zero-order valence-corrected chi connectivity index (χ0v) is 10.7. The average Bonchev–Trinajstić information content (AvgIpc) is 2.15. The number of aliphatic hydroxyl groups is 1. The van der Waals surface area contributed by atoms with Crippen LogP contribution in [0.25, 0.3) is 0 Å². The van der Waals surface area contributed by atoms with Crippen LogP contribution in [0, 0.1) is 13.8 Å². The standard InChI is InChI=1S/C11H16BrNO2/c1-5-4-8(12)6(2)9(10(5)14)11(15)7(3)13/h4,7,11,14-15H,13H2,1-3H3. The Morgan fingerprint density at radius 2 is 1.93 bits per heavy atom. The van der Waals surface area contributed by atoms with Crippen molar-refractivity contribution in [3.05, 3.63) is 27.2 Å². The first-order valence-electron chi connectivity index (χ1n) is 4.78. The van der Waals surface area contributed by atoms with E-state index < -0.39 is 12.1 Å². The second kappa shape index (κ2) is 4.51. The van der Waals surface area contributed by atoms with E-state index in [0.29, 0.717) is 5.56 Å². The van der Waals surface area contributed by atoms with Gasteiger partial charge in [0.2, 0.25) is 0 Å². The van der Waals surface area contributed by atoms with Gasteiger partial charge in [-0.1, -0.05) is 15.9 Å². The van der Waals surface area contributed by atoms with Crippen LogP contribution in [0.4, 0.5) is 0 Å². The molecule has 0 aliphatic rings. The molecule has 4 heteroatoms. The Hall–Kier alpha value is -0.580. The minimum absolute atomic E-state index is 0.125. The molecule has 4 N–H and O–H groups in total. The molecular weight excluding hydrogens is 258 g/mol. The van der Waals surface area contributed by atoms with Crippen LogP contribution in [0.1, 0.15) is 29.7 Å². The lowest BCUT2D eigenvalue weighted by atomic mass is 9.96. The number of aromatic hydroxyl groups is 1. The van der Waals surface area contributed by atoms with Gasteiger partial charge in [-0.05, 0) is 38.0 Å². The number of rotatable bonds is 2. The Kier molecular flexibility index (Phi) is 3.76. The lowest BCUT2D eigenvalue weighted by molar-refractivity contribution is 0.149. The number of nitrogens with two attached hydrogens (primary N) is 1. The van der Waals surface area contributed by atoms with Gasteiger partial charge < -0.3 is 15.9 Å². The Bertz CT molecular complexity index is 351. The molecule has 3 nitrogen and oxygen atoms in total. The predicted molar refractivity (Wildman–Crippen MR) is 63.9 cm³/mol. The molecule has 1 aromatic rings. The second-order valence-electron chi connectivity index (χ2n) is 3.87. The molecule has 0 amide bonds. The summed E-state index contributed by atoms with van der Waals surface area (Å²) in [5, 5.41) is 19.8. The van der Waals surface area contributed by atoms with Gasteiger partial charge in [0.15, 0.2) is 0 Å². The molecule has 0 saturated heterocycles. The summed E-state index contributed by atoms with van der Waals surface area (Å²) in [6, 6.07) is 1.41. The highest BCUT2D eigenvalue weighted by Crippen LogP contribution is 2.36. The van der Waals surface area contributed by atoms with Crippen LogP contribution >= 0.6 is 15.9 Å². The Labute approximate surface area is 98.1 Å². The number of halogens is 1. The fraction of sp³-hybridized carbons (Fsp3) is 0.455. The monoisotopic (exact) mass is 273 g/mol. The third kappa shape index (κ3) is 2.33. The summed E-state index contributed by atoms with van der Waals surface area (Å²) in [5.74, 6) is 0.125. The quantitative estimate of drug-likeness (QED) is 0.774. The number of phenols is 1. The molecule has 1 aromatic carbocycles. The molecule has 0 saturated carbocycles. The summed E-state index contributed by atoms with van der Waals surface area (Å²) < 4.78 is 0.868. The van der Waals surface area contributed by atoms with E-state index in [1.165, 1.54) is 0 Å². The van der Waals surface area contributed by atoms with Crippen LogP contribution in [0.2, 0.25) is 0 Å². The van der Waals surface area contributed by atoms with Crippen molar-refractivity contribution in [3.8, 4) is 5.75 Å². The van der Waals surface area contributed by atoms with Gasteiger partial charge in [0.25, 0.3) is 0 Å². The summed E-state index contributed by atoms with van der Waals surface area (Å²) in [6.07, 6.45) is -0.846. The summed E-state index contributed by atoms with van der Waals surface area (Å²) in [6.45, 7) is 5.33. The third-order valence-corrected chi connectivity index (χ3v) is 3.35. The van der Waals surface area contributed by atoms with E-state index in [9.17, 15) is 10.2 Å². The fourth-order valence-corrected chi connectivity index (χ4v) is 2.07. The molecule has 0 radical (unpaired) electrons. The summed E-state index contributed by atoms with van der Waals surface area (Å²) >= 11 is 3.39. The van der Waals surface area contributed by atoms with Crippen molar-refractivity contribution in [2.45, 2.75) is 32.9 Å². The van der Waals surface area contributed by atoms with Crippen LogP contribution in [0.15, 0.2) is 10.5 Å². The van der Waals surface area contributed by atoms with Crippen LogP contribution in [-0.4, -0.2) is 16.3 Å². The highest BCUT2D eigenvalue weighted by molar-refractivity contribution is 9.10. The van der Waals surface area contributed by atoms with Gasteiger partial charge in [0.05, 0.1) is 6.10 Å². The molecule has 0 fully saturated rings. The highest BCUT2D eigenvalue weighted by atomic mass is 79.9. The third-order valence-electron chi connectivity index (χ3n) is 2.53. The molecule has 1 rings (SSSR count). The zero-order chi connectivity index (χ0) is 11.7. The van der Waals surface area contributed by atoms with Gasteiger partial charge in [0, 0.05) is 16.1 Å². The largest absolute Gasteiger partial charge is 0.507 e. The Morgan fingerprint density at radius 1 is 1.40 bits per heavy atom. The molecule has 2 atom stereocenters. The molecule has 0 spiro atoms. The first-order valence-corrected chi connectivity index (χ1v) is 5.57. The number of aryl methyl sites for hydroxylation is 1. The molecule has 0 bridgehead atoms. The average molecular weight is 274 g/mol. The topological polar surface area (TPSA) is 66.5 Å². The Balaban J connectivity index is 3.39. The van der Waals surface area contributed by atoms with Crippen molar-refractivity contribution in [3.63, 3.8) is 0 Å². The van der Waals surface area contributed by atoms with Crippen molar-refractivity contribution in [1.82, 2.24) is 0 Å².